The van der Waals surface area contributed by atoms with Gasteiger partial charge >= 0.3 is 0 Å². The highest BCUT2D eigenvalue weighted by Crippen LogP contribution is 2.49. The minimum Gasteiger partial charge on any atom is -0.300 e. The number of fused-ring (bicyclic) bond motifs is 2. The molecular formula is C19H30OSi2. The van der Waals surface area contributed by atoms with Gasteiger partial charge in [0.2, 0.25) is 0 Å². The molecule has 22 heavy (non-hydrogen) atoms. The Bertz CT molecular complexity index is 622. The van der Waals surface area contributed by atoms with Crippen LogP contribution < -0.4 is 10.4 Å². The maximum atomic E-state index is 11.6. The molecule has 3 heteroatoms. The predicted molar refractivity (Wildman–Crippen MR) is 101 cm³/mol. The van der Waals surface area contributed by atoms with E-state index in [9.17, 15) is 4.79 Å². The van der Waals surface area contributed by atoms with Gasteiger partial charge in [0.25, 0.3) is 0 Å². The Kier molecular flexibility index (Phi) is 3.61. The first kappa shape index (κ1) is 16.2. The van der Waals surface area contributed by atoms with Gasteiger partial charge < -0.3 is 0 Å². The molecule has 1 saturated carbocycles. The number of hydrogen-bond donors (Lipinski definition) is 0. The zero-order valence-electron chi connectivity index (χ0n) is 15.1. The summed E-state index contributed by atoms with van der Waals surface area (Å²) in [7, 11) is -2.63. The number of benzene rings is 1. The van der Waals surface area contributed by atoms with E-state index >= 15 is 0 Å². The number of carbonyl (C=O) groups excluding carboxylic acids is 1. The van der Waals surface area contributed by atoms with Gasteiger partial charge in [-0.05, 0) is 30.4 Å². The summed E-state index contributed by atoms with van der Waals surface area (Å²) in [5.41, 5.74) is 3.56. The van der Waals surface area contributed by atoms with Crippen LogP contribution in [0.5, 0.6) is 0 Å². The van der Waals surface area contributed by atoms with E-state index in [1.807, 2.05) is 0 Å². The third kappa shape index (κ3) is 2.56. The van der Waals surface area contributed by atoms with Gasteiger partial charge in [-0.15, -0.1) is 0 Å². The van der Waals surface area contributed by atoms with Crippen molar-refractivity contribution in [2.75, 3.05) is 0 Å². The molecule has 0 heterocycles. The van der Waals surface area contributed by atoms with Gasteiger partial charge in [-0.3, -0.25) is 4.79 Å². The number of Topliss-reactive ketones (excluding diaryl/α,β-unsaturated/α-hetero) is 1. The maximum absolute atomic E-state index is 11.6. The predicted octanol–water partition coefficient (Wildman–Crippen LogP) is 3.71. The summed E-state index contributed by atoms with van der Waals surface area (Å²) < 4.78 is 0. The second-order valence-electron chi connectivity index (χ2n) is 9.55. The molecule has 2 aliphatic carbocycles. The minimum absolute atomic E-state index is 0.357. The number of ketones is 1. The lowest BCUT2D eigenvalue weighted by molar-refractivity contribution is -0.121. The minimum atomic E-state index is -1.33. The largest absolute Gasteiger partial charge is 0.300 e. The Labute approximate surface area is 137 Å². The lowest BCUT2D eigenvalue weighted by Crippen LogP contribution is -2.58. The number of hydrogen-bond acceptors (Lipinski definition) is 1. The van der Waals surface area contributed by atoms with E-state index in [1.165, 1.54) is 6.42 Å². The average molecular weight is 331 g/mol. The van der Waals surface area contributed by atoms with Crippen molar-refractivity contribution in [2.45, 2.75) is 76.8 Å². The van der Waals surface area contributed by atoms with Gasteiger partial charge in [-0.1, -0.05) is 61.8 Å². The molecule has 0 radical (unpaired) electrons. The first-order valence-electron chi connectivity index (χ1n) is 8.73. The van der Waals surface area contributed by atoms with Crippen molar-refractivity contribution in [3.63, 3.8) is 0 Å². The van der Waals surface area contributed by atoms with E-state index < -0.39 is 16.1 Å². The molecule has 0 bridgehead atoms. The molecule has 0 unspecified atom stereocenters. The second-order valence-corrected chi connectivity index (χ2v) is 19.6. The van der Waals surface area contributed by atoms with E-state index in [-0.39, 0.29) is 0 Å². The molecule has 3 rings (SSSR count). The standard InChI is InChI=1S/C19H30OSi2/c1-21(2,3)17-11-14-13-19(9-7-15(20)8-10-19)16(14)12-18(17)22(4,5)6/h11-12H,7-10,13H2,1-6H3. The monoisotopic (exact) mass is 330 g/mol. The van der Waals surface area contributed by atoms with Crippen molar-refractivity contribution in [3.8, 4) is 0 Å². The molecule has 0 aliphatic heterocycles. The molecular weight excluding hydrogens is 300 g/mol. The molecule has 1 aromatic rings. The molecule has 0 atom stereocenters. The molecule has 1 spiro atoms. The Morgan fingerprint density at radius 3 is 1.86 bits per heavy atom. The highest BCUT2D eigenvalue weighted by atomic mass is 28.3. The zero-order chi connectivity index (χ0) is 16.3. The lowest BCUT2D eigenvalue weighted by Gasteiger charge is -2.48. The zero-order valence-corrected chi connectivity index (χ0v) is 17.1. The van der Waals surface area contributed by atoms with Gasteiger partial charge in [0.15, 0.2) is 0 Å². The molecule has 2 aliphatic rings. The van der Waals surface area contributed by atoms with Crippen LogP contribution in [-0.2, 0) is 16.6 Å². The summed E-state index contributed by atoms with van der Waals surface area (Å²) in [6.07, 6.45) is 5.01. The first-order chi connectivity index (χ1) is 10.0. The topological polar surface area (TPSA) is 17.1 Å². The molecule has 1 nitrogen and oxygen atoms in total. The summed E-state index contributed by atoms with van der Waals surface area (Å²) in [4.78, 5) is 11.6. The Balaban J connectivity index is 2.08. The molecule has 0 aromatic heterocycles. The van der Waals surface area contributed by atoms with Crippen molar-refractivity contribution in [1.82, 2.24) is 0 Å². The van der Waals surface area contributed by atoms with Gasteiger partial charge in [0, 0.05) is 18.3 Å². The van der Waals surface area contributed by atoms with E-state index in [0.29, 0.717) is 11.2 Å². The van der Waals surface area contributed by atoms with Crippen LogP contribution in [0.2, 0.25) is 39.3 Å². The number of rotatable bonds is 2. The van der Waals surface area contributed by atoms with Crippen LogP contribution in [0.1, 0.15) is 36.8 Å². The van der Waals surface area contributed by atoms with Crippen molar-refractivity contribution in [2.24, 2.45) is 0 Å². The summed E-state index contributed by atoms with van der Waals surface area (Å²) in [5.74, 6) is 0.475. The fraction of sp³-hybridized carbons (Fsp3) is 0.632. The Morgan fingerprint density at radius 2 is 1.36 bits per heavy atom. The summed E-state index contributed by atoms with van der Waals surface area (Å²) in [6, 6.07) is 5.16. The van der Waals surface area contributed by atoms with Gasteiger partial charge in [0.1, 0.15) is 5.78 Å². The lowest BCUT2D eigenvalue weighted by atomic mass is 9.57. The quantitative estimate of drug-likeness (QED) is 0.756. The highest BCUT2D eigenvalue weighted by molar-refractivity contribution is 6.98. The molecule has 0 saturated heterocycles. The van der Waals surface area contributed by atoms with Gasteiger partial charge in [-0.2, -0.15) is 0 Å². The molecule has 0 N–H and O–H groups in total. The smallest absolute Gasteiger partial charge is 0.132 e. The van der Waals surface area contributed by atoms with Crippen molar-refractivity contribution in [3.05, 3.63) is 23.3 Å². The SMILES string of the molecule is C[Si](C)(C)c1cc2c(cc1[Si](C)(C)C)C1(CCC(=O)CC1)C2. The van der Waals surface area contributed by atoms with Crippen LogP contribution in [0.15, 0.2) is 12.1 Å². The first-order valence-corrected chi connectivity index (χ1v) is 15.7. The van der Waals surface area contributed by atoms with Gasteiger partial charge in [0.05, 0.1) is 16.1 Å². The van der Waals surface area contributed by atoms with Crippen molar-refractivity contribution >= 4 is 32.3 Å². The summed E-state index contributed by atoms with van der Waals surface area (Å²) >= 11 is 0. The Morgan fingerprint density at radius 1 is 0.864 bits per heavy atom. The summed E-state index contributed by atoms with van der Waals surface area (Å²) in [6.45, 7) is 14.9. The van der Waals surface area contributed by atoms with Crippen LogP contribution >= 0.6 is 0 Å². The van der Waals surface area contributed by atoms with Crippen molar-refractivity contribution in [1.29, 1.82) is 0 Å². The molecule has 120 valence electrons. The molecule has 1 fully saturated rings. The third-order valence-corrected chi connectivity index (χ3v) is 10.0. The van der Waals surface area contributed by atoms with Crippen LogP contribution in [-0.4, -0.2) is 21.9 Å². The fourth-order valence-corrected chi connectivity index (χ4v) is 9.53. The molecule has 1 aromatic carbocycles. The van der Waals surface area contributed by atoms with Crippen LogP contribution in [0.3, 0.4) is 0 Å². The fourth-order valence-electron chi connectivity index (χ4n) is 4.33. The van der Waals surface area contributed by atoms with Crippen LogP contribution in [0, 0.1) is 0 Å². The summed E-state index contributed by atoms with van der Waals surface area (Å²) in [5, 5.41) is 3.40. The van der Waals surface area contributed by atoms with Crippen LogP contribution in [0.4, 0.5) is 0 Å². The third-order valence-electron chi connectivity index (χ3n) is 5.72. The van der Waals surface area contributed by atoms with E-state index in [0.717, 1.165) is 25.7 Å². The maximum Gasteiger partial charge on any atom is 0.132 e. The normalized spacial score (nSPS) is 20.7. The Hall–Kier alpha value is -0.676. The van der Waals surface area contributed by atoms with Crippen LogP contribution in [0.25, 0.3) is 0 Å². The average Bonchev–Trinajstić information content (AvgIpc) is 2.36. The van der Waals surface area contributed by atoms with E-state index in [4.69, 9.17) is 0 Å². The number of carbonyl (C=O) groups is 1. The van der Waals surface area contributed by atoms with E-state index in [1.54, 1.807) is 21.5 Å². The highest BCUT2D eigenvalue weighted by Gasteiger charge is 2.46. The second kappa shape index (κ2) is 4.91. The van der Waals surface area contributed by atoms with E-state index in [2.05, 4.69) is 51.4 Å². The van der Waals surface area contributed by atoms with Crippen molar-refractivity contribution < 1.29 is 4.79 Å². The van der Waals surface area contributed by atoms with Gasteiger partial charge in [-0.25, -0.2) is 0 Å². The molecule has 0 amide bonds.